The van der Waals surface area contributed by atoms with Gasteiger partial charge in [-0.25, -0.2) is 0 Å². The Kier molecular flexibility index (Phi) is 4.64. The van der Waals surface area contributed by atoms with E-state index >= 15 is 0 Å². The molecule has 5 nitrogen and oxygen atoms in total. The Morgan fingerprint density at radius 2 is 2.05 bits per heavy atom. The van der Waals surface area contributed by atoms with Crippen LogP contribution in [0.5, 0.6) is 0 Å². The molecule has 0 unspecified atom stereocenters. The van der Waals surface area contributed by atoms with E-state index in [0.717, 1.165) is 0 Å². The van der Waals surface area contributed by atoms with Crippen molar-refractivity contribution in [3.05, 3.63) is 44.5 Å². The van der Waals surface area contributed by atoms with Gasteiger partial charge in [0, 0.05) is 11.5 Å². The third kappa shape index (κ3) is 3.65. The number of carbonyl (C=O) groups excluding carboxylic acids is 1. The van der Waals surface area contributed by atoms with Crippen molar-refractivity contribution in [3.63, 3.8) is 0 Å². The molecule has 0 aliphatic carbocycles. The standard InChI is InChI=1S/C14H13ClN2O3/c1-14(2,3)13(18)10(8-16)6-9-4-5-11(15)12(7-9)17(19)20/h4-7H,1-3H3. The summed E-state index contributed by atoms with van der Waals surface area (Å²) in [6.45, 7) is 5.10. The van der Waals surface area contributed by atoms with Crippen LogP contribution in [0.3, 0.4) is 0 Å². The van der Waals surface area contributed by atoms with Gasteiger partial charge in [0.25, 0.3) is 5.69 Å². The first-order chi connectivity index (χ1) is 9.16. The molecule has 0 heterocycles. The van der Waals surface area contributed by atoms with Crippen molar-refractivity contribution >= 4 is 29.1 Å². The van der Waals surface area contributed by atoms with Gasteiger partial charge in [-0.15, -0.1) is 0 Å². The number of hydrogen-bond donors (Lipinski definition) is 0. The van der Waals surface area contributed by atoms with Crippen LogP contribution in [0.2, 0.25) is 5.02 Å². The molecule has 0 bridgehead atoms. The molecule has 0 aliphatic heterocycles. The van der Waals surface area contributed by atoms with Gasteiger partial charge < -0.3 is 0 Å². The van der Waals surface area contributed by atoms with Crippen LogP contribution in [0.4, 0.5) is 5.69 Å². The van der Waals surface area contributed by atoms with Crippen LogP contribution >= 0.6 is 11.6 Å². The van der Waals surface area contributed by atoms with Crippen LogP contribution in [-0.2, 0) is 4.79 Å². The molecule has 0 spiro atoms. The Hall–Kier alpha value is -2.19. The van der Waals surface area contributed by atoms with Gasteiger partial charge in [-0.3, -0.25) is 14.9 Å². The molecule has 104 valence electrons. The second-order valence-electron chi connectivity index (χ2n) is 5.22. The van der Waals surface area contributed by atoms with E-state index in [1.165, 1.54) is 24.3 Å². The van der Waals surface area contributed by atoms with Crippen LogP contribution in [-0.4, -0.2) is 10.7 Å². The molecule has 0 fully saturated rings. The molecular weight excluding hydrogens is 280 g/mol. The molecule has 1 aromatic carbocycles. The maximum Gasteiger partial charge on any atom is 0.288 e. The Bertz CT molecular complexity index is 637. The zero-order valence-corrected chi connectivity index (χ0v) is 12.1. The molecule has 1 rings (SSSR count). The van der Waals surface area contributed by atoms with Crippen molar-refractivity contribution < 1.29 is 9.72 Å². The number of hydrogen-bond acceptors (Lipinski definition) is 4. The second-order valence-corrected chi connectivity index (χ2v) is 5.62. The molecule has 1 aromatic rings. The van der Waals surface area contributed by atoms with Crippen molar-refractivity contribution in [2.75, 3.05) is 0 Å². The van der Waals surface area contributed by atoms with E-state index in [1.54, 1.807) is 20.8 Å². The number of nitriles is 1. The second kappa shape index (κ2) is 5.85. The molecule has 0 saturated heterocycles. The van der Waals surface area contributed by atoms with Gasteiger partial charge in [0.1, 0.15) is 11.1 Å². The van der Waals surface area contributed by atoms with Gasteiger partial charge in [-0.2, -0.15) is 5.26 Å². The van der Waals surface area contributed by atoms with Crippen molar-refractivity contribution in [1.29, 1.82) is 5.26 Å². The summed E-state index contributed by atoms with van der Waals surface area (Å²) < 4.78 is 0. The summed E-state index contributed by atoms with van der Waals surface area (Å²) in [5, 5.41) is 19.9. The lowest BCUT2D eigenvalue weighted by atomic mass is 9.86. The maximum atomic E-state index is 12.0. The molecular formula is C14H13ClN2O3. The van der Waals surface area contributed by atoms with Crippen LogP contribution in [0.15, 0.2) is 23.8 Å². The molecule has 6 heteroatoms. The fourth-order valence-electron chi connectivity index (χ4n) is 1.48. The minimum absolute atomic E-state index is 0.00723. The molecule has 0 N–H and O–H groups in total. The first-order valence-corrected chi connectivity index (χ1v) is 6.15. The first kappa shape index (κ1) is 15.9. The zero-order chi connectivity index (χ0) is 15.5. The van der Waals surface area contributed by atoms with E-state index in [9.17, 15) is 14.9 Å². The number of carbonyl (C=O) groups is 1. The lowest BCUT2D eigenvalue weighted by molar-refractivity contribution is -0.384. The number of halogens is 1. The number of allylic oxidation sites excluding steroid dienone is 1. The van der Waals surface area contributed by atoms with E-state index in [0.29, 0.717) is 5.56 Å². The lowest BCUT2D eigenvalue weighted by Gasteiger charge is -2.15. The van der Waals surface area contributed by atoms with Gasteiger partial charge in [-0.1, -0.05) is 38.4 Å². The molecule has 0 saturated carbocycles. The highest BCUT2D eigenvalue weighted by Gasteiger charge is 2.25. The first-order valence-electron chi connectivity index (χ1n) is 5.77. The van der Waals surface area contributed by atoms with E-state index in [2.05, 4.69) is 0 Å². The number of nitro groups is 1. The molecule has 0 radical (unpaired) electrons. The van der Waals surface area contributed by atoms with E-state index in [1.807, 2.05) is 6.07 Å². The SMILES string of the molecule is CC(C)(C)C(=O)C(C#N)=Cc1ccc(Cl)c([N+](=O)[O-])c1. The summed E-state index contributed by atoms with van der Waals surface area (Å²) >= 11 is 5.70. The monoisotopic (exact) mass is 292 g/mol. The minimum Gasteiger partial charge on any atom is -0.293 e. The highest BCUT2D eigenvalue weighted by molar-refractivity contribution is 6.32. The van der Waals surface area contributed by atoms with Crippen LogP contribution < -0.4 is 0 Å². The molecule has 0 aliphatic rings. The number of ketones is 1. The number of nitrogens with zero attached hydrogens (tertiary/aromatic N) is 2. The summed E-state index contributed by atoms with van der Waals surface area (Å²) in [6, 6.07) is 5.94. The van der Waals surface area contributed by atoms with Crippen LogP contribution in [0, 0.1) is 26.9 Å². The largest absolute Gasteiger partial charge is 0.293 e. The molecule has 0 aromatic heterocycles. The topological polar surface area (TPSA) is 84.0 Å². The molecule has 20 heavy (non-hydrogen) atoms. The van der Waals surface area contributed by atoms with Crippen molar-refractivity contribution in [3.8, 4) is 6.07 Å². The minimum atomic E-state index is -0.695. The Labute approximate surface area is 121 Å². The van der Waals surface area contributed by atoms with Gasteiger partial charge in [0.05, 0.1) is 10.5 Å². The Morgan fingerprint density at radius 1 is 1.45 bits per heavy atom. The molecule has 0 amide bonds. The predicted molar refractivity (Wildman–Crippen MR) is 76.2 cm³/mol. The fourth-order valence-corrected chi connectivity index (χ4v) is 1.67. The van der Waals surface area contributed by atoms with Crippen molar-refractivity contribution in [2.45, 2.75) is 20.8 Å². The summed E-state index contributed by atoms with van der Waals surface area (Å²) in [5.41, 5.74) is -0.620. The number of Topliss-reactive ketones (excluding diaryl/α,β-unsaturated/α-hetero) is 1. The third-order valence-corrected chi connectivity index (χ3v) is 2.84. The van der Waals surface area contributed by atoms with Gasteiger partial charge >= 0.3 is 0 Å². The number of nitro benzene ring substituents is 1. The average molecular weight is 293 g/mol. The maximum absolute atomic E-state index is 12.0. The summed E-state index contributed by atoms with van der Waals surface area (Å²) in [4.78, 5) is 22.2. The number of benzene rings is 1. The van der Waals surface area contributed by atoms with Crippen molar-refractivity contribution in [1.82, 2.24) is 0 Å². The lowest BCUT2D eigenvalue weighted by Crippen LogP contribution is -2.21. The summed E-state index contributed by atoms with van der Waals surface area (Å²) in [7, 11) is 0. The normalized spacial score (nSPS) is 11.8. The summed E-state index contributed by atoms with van der Waals surface area (Å²) in [6.07, 6.45) is 1.33. The Morgan fingerprint density at radius 3 is 2.50 bits per heavy atom. The van der Waals surface area contributed by atoms with Gasteiger partial charge in [-0.05, 0) is 17.7 Å². The number of rotatable bonds is 3. The van der Waals surface area contributed by atoms with Gasteiger partial charge in [0.15, 0.2) is 5.78 Å². The van der Waals surface area contributed by atoms with E-state index in [4.69, 9.17) is 16.9 Å². The van der Waals surface area contributed by atoms with Crippen molar-refractivity contribution in [2.24, 2.45) is 5.41 Å². The van der Waals surface area contributed by atoms with E-state index in [-0.39, 0.29) is 22.1 Å². The predicted octanol–water partition coefficient (Wildman–Crippen LogP) is 3.77. The highest BCUT2D eigenvalue weighted by atomic mass is 35.5. The highest BCUT2D eigenvalue weighted by Crippen LogP contribution is 2.27. The molecule has 0 atom stereocenters. The van der Waals surface area contributed by atoms with Crippen LogP contribution in [0.25, 0.3) is 6.08 Å². The quantitative estimate of drug-likeness (QED) is 0.367. The average Bonchev–Trinajstić information content (AvgIpc) is 2.35. The van der Waals surface area contributed by atoms with E-state index < -0.39 is 10.3 Å². The summed E-state index contributed by atoms with van der Waals surface area (Å²) in [5.74, 6) is -0.322. The zero-order valence-electron chi connectivity index (χ0n) is 11.3. The van der Waals surface area contributed by atoms with Crippen LogP contribution in [0.1, 0.15) is 26.3 Å². The smallest absolute Gasteiger partial charge is 0.288 e. The Balaban J connectivity index is 3.29. The third-order valence-electron chi connectivity index (χ3n) is 2.52. The van der Waals surface area contributed by atoms with Gasteiger partial charge in [0.2, 0.25) is 0 Å². The fraction of sp³-hybridized carbons (Fsp3) is 0.286.